The number of ether oxygens (including phenoxy) is 4. The molecular weight excluding hydrogens is 512 g/mol. The summed E-state index contributed by atoms with van der Waals surface area (Å²) in [5, 5.41) is 2.08. The number of fused-ring (bicyclic) bond motifs is 3. The molecule has 2 aliphatic heterocycles. The second-order valence-electron chi connectivity index (χ2n) is 11.2. The van der Waals surface area contributed by atoms with Gasteiger partial charge in [0.2, 0.25) is 0 Å². The SMILES string of the molecule is COc1cc2c(cc1OCCCOC1CCCCO1)-c1c(-c3cccs3)cc(C(=O)N(C)C(C)(C)C)n1CC2. The van der Waals surface area contributed by atoms with Crippen LogP contribution >= 0.6 is 11.3 Å². The fourth-order valence-electron chi connectivity index (χ4n) is 5.18. The largest absolute Gasteiger partial charge is 0.493 e. The minimum absolute atomic E-state index is 0.0296. The topological polar surface area (TPSA) is 62.2 Å². The van der Waals surface area contributed by atoms with E-state index in [4.69, 9.17) is 18.9 Å². The van der Waals surface area contributed by atoms with E-state index in [1.54, 1.807) is 18.4 Å². The molecule has 1 unspecified atom stereocenters. The molecule has 1 atom stereocenters. The zero-order valence-electron chi connectivity index (χ0n) is 23.7. The molecule has 2 aliphatic rings. The van der Waals surface area contributed by atoms with E-state index in [-0.39, 0.29) is 17.7 Å². The monoisotopic (exact) mass is 552 g/mol. The molecule has 1 amide bonds. The molecule has 0 aliphatic carbocycles. The molecule has 0 bridgehead atoms. The van der Waals surface area contributed by atoms with Gasteiger partial charge in [0.15, 0.2) is 17.8 Å². The first-order valence-corrected chi connectivity index (χ1v) is 14.8. The third-order valence-electron chi connectivity index (χ3n) is 7.65. The summed E-state index contributed by atoms with van der Waals surface area (Å²) in [5.74, 6) is 1.46. The average Bonchev–Trinajstić information content (AvgIpc) is 3.60. The highest BCUT2D eigenvalue weighted by molar-refractivity contribution is 7.13. The van der Waals surface area contributed by atoms with Gasteiger partial charge in [-0.1, -0.05) is 6.07 Å². The summed E-state index contributed by atoms with van der Waals surface area (Å²) in [5.41, 5.74) is 4.87. The van der Waals surface area contributed by atoms with Crippen LogP contribution in [0.1, 0.15) is 62.5 Å². The number of hydrogen-bond acceptors (Lipinski definition) is 6. The minimum Gasteiger partial charge on any atom is -0.493 e. The lowest BCUT2D eigenvalue weighted by Crippen LogP contribution is -2.43. The van der Waals surface area contributed by atoms with Crippen LogP contribution in [-0.2, 0) is 22.4 Å². The van der Waals surface area contributed by atoms with E-state index in [1.165, 1.54) is 5.56 Å². The van der Waals surface area contributed by atoms with Crippen LogP contribution in [0.25, 0.3) is 21.7 Å². The zero-order chi connectivity index (χ0) is 27.6. The summed E-state index contributed by atoms with van der Waals surface area (Å²) in [6, 6.07) is 10.4. The molecule has 7 nitrogen and oxygen atoms in total. The molecule has 0 spiro atoms. The molecule has 2 aromatic heterocycles. The fourth-order valence-corrected chi connectivity index (χ4v) is 5.92. The van der Waals surface area contributed by atoms with Crippen LogP contribution in [0.5, 0.6) is 11.5 Å². The minimum atomic E-state index is -0.279. The molecule has 1 aromatic carbocycles. The Morgan fingerprint density at radius 3 is 2.69 bits per heavy atom. The summed E-state index contributed by atoms with van der Waals surface area (Å²) in [6.07, 6.45) is 4.71. The molecule has 1 saturated heterocycles. The van der Waals surface area contributed by atoms with Gasteiger partial charge in [-0.3, -0.25) is 4.79 Å². The quantitative estimate of drug-likeness (QED) is 0.279. The van der Waals surface area contributed by atoms with Gasteiger partial charge in [-0.25, -0.2) is 0 Å². The Morgan fingerprint density at radius 1 is 1.15 bits per heavy atom. The van der Waals surface area contributed by atoms with Crippen molar-refractivity contribution in [2.45, 2.75) is 71.2 Å². The van der Waals surface area contributed by atoms with Gasteiger partial charge in [0.05, 0.1) is 26.0 Å². The van der Waals surface area contributed by atoms with E-state index in [9.17, 15) is 4.79 Å². The lowest BCUT2D eigenvalue weighted by Gasteiger charge is -2.32. The first-order chi connectivity index (χ1) is 18.8. The molecule has 39 heavy (non-hydrogen) atoms. The number of aromatic nitrogens is 1. The smallest absolute Gasteiger partial charge is 0.270 e. The van der Waals surface area contributed by atoms with Gasteiger partial charge in [0.1, 0.15) is 5.69 Å². The number of carbonyl (C=O) groups excluding carboxylic acids is 1. The molecule has 210 valence electrons. The molecule has 4 heterocycles. The maximum absolute atomic E-state index is 13.7. The van der Waals surface area contributed by atoms with Gasteiger partial charge in [0, 0.05) is 48.2 Å². The number of carbonyl (C=O) groups is 1. The predicted molar refractivity (Wildman–Crippen MR) is 155 cm³/mol. The van der Waals surface area contributed by atoms with Crippen molar-refractivity contribution in [1.82, 2.24) is 9.47 Å². The summed E-state index contributed by atoms with van der Waals surface area (Å²) in [7, 11) is 3.56. The number of hydrogen-bond donors (Lipinski definition) is 0. The second-order valence-corrected chi connectivity index (χ2v) is 12.2. The van der Waals surface area contributed by atoms with Gasteiger partial charge in [-0.15, -0.1) is 11.3 Å². The normalized spacial score (nSPS) is 16.9. The van der Waals surface area contributed by atoms with Crippen LogP contribution in [0.4, 0.5) is 0 Å². The van der Waals surface area contributed by atoms with Crippen LogP contribution in [0, 0.1) is 0 Å². The summed E-state index contributed by atoms with van der Waals surface area (Å²) < 4.78 is 25.7. The number of methoxy groups -OCH3 is 1. The second kappa shape index (κ2) is 11.7. The Kier molecular flexibility index (Phi) is 8.35. The van der Waals surface area contributed by atoms with Crippen LogP contribution in [0.3, 0.4) is 0 Å². The number of nitrogens with zero attached hydrogens (tertiary/aromatic N) is 2. The van der Waals surface area contributed by atoms with Crippen molar-refractivity contribution in [3.05, 3.63) is 47.0 Å². The van der Waals surface area contributed by atoms with Crippen molar-refractivity contribution in [1.29, 1.82) is 0 Å². The van der Waals surface area contributed by atoms with Gasteiger partial charge in [0.25, 0.3) is 5.91 Å². The molecule has 8 heteroatoms. The van der Waals surface area contributed by atoms with Crippen LogP contribution in [-0.4, -0.2) is 61.2 Å². The van der Waals surface area contributed by atoms with Crippen molar-refractivity contribution < 1.29 is 23.7 Å². The van der Waals surface area contributed by atoms with E-state index in [1.807, 2.05) is 11.9 Å². The summed E-state index contributed by atoms with van der Waals surface area (Å²) in [6.45, 7) is 8.80. The molecule has 0 saturated carbocycles. The molecule has 0 N–H and O–H groups in total. The number of amides is 1. The third-order valence-corrected chi connectivity index (χ3v) is 8.55. The first-order valence-electron chi connectivity index (χ1n) is 13.9. The molecule has 3 aromatic rings. The van der Waals surface area contributed by atoms with Gasteiger partial charge in [-0.2, -0.15) is 0 Å². The Balaban J connectivity index is 1.44. The van der Waals surface area contributed by atoms with E-state index >= 15 is 0 Å². The number of aryl methyl sites for hydroxylation is 1. The number of rotatable bonds is 9. The average molecular weight is 553 g/mol. The van der Waals surface area contributed by atoms with Crippen molar-refractivity contribution in [3.8, 4) is 33.2 Å². The Labute approximate surface area is 235 Å². The Bertz CT molecular complexity index is 1290. The van der Waals surface area contributed by atoms with Crippen LogP contribution < -0.4 is 9.47 Å². The van der Waals surface area contributed by atoms with Gasteiger partial charge in [-0.05, 0) is 81.7 Å². The molecule has 5 rings (SSSR count). The highest BCUT2D eigenvalue weighted by Crippen LogP contribution is 2.45. The van der Waals surface area contributed by atoms with Crippen LogP contribution in [0.15, 0.2) is 35.7 Å². The highest BCUT2D eigenvalue weighted by atomic mass is 32.1. The van der Waals surface area contributed by atoms with Gasteiger partial charge >= 0.3 is 0 Å². The predicted octanol–water partition coefficient (Wildman–Crippen LogP) is 6.63. The van der Waals surface area contributed by atoms with Crippen molar-refractivity contribution in [3.63, 3.8) is 0 Å². The zero-order valence-corrected chi connectivity index (χ0v) is 24.6. The molecule has 1 fully saturated rings. The van der Waals surface area contributed by atoms with Crippen molar-refractivity contribution in [2.24, 2.45) is 0 Å². The standard InChI is InChI=1S/C31H40N2O5S/c1-31(2,3)32(4)30(34)24-19-23(27-10-8-17-39-27)29-22-20-26(25(35-5)18-21(22)12-13-33(24)29)36-15-9-16-38-28-11-6-7-14-37-28/h8,10,17-20,28H,6-7,9,11-16H2,1-5H3. The number of benzene rings is 1. The lowest BCUT2D eigenvalue weighted by atomic mass is 9.95. The van der Waals surface area contributed by atoms with E-state index in [0.29, 0.717) is 19.0 Å². The van der Waals surface area contributed by atoms with E-state index < -0.39 is 0 Å². The summed E-state index contributed by atoms with van der Waals surface area (Å²) >= 11 is 1.69. The maximum Gasteiger partial charge on any atom is 0.270 e. The number of thiophene rings is 1. The van der Waals surface area contributed by atoms with Crippen molar-refractivity contribution in [2.75, 3.05) is 34.0 Å². The molecule has 0 radical (unpaired) electrons. The van der Waals surface area contributed by atoms with Gasteiger partial charge < -0.3 is 28.4 Å². The Morgan fingerprint density at radius 2 is 2.00 bits per heavy atom. The molecular formula is C31H40N2O5S. The first kappa shape index (κ1) is 27.7. The fraction of sp³-hybridized carbons (Fsp3) is 0.516. The van der Waals surface area contributed by atoms with E-state index in [0.717, 1.165) is 78.4 Å². The highest BCUT2D eigenvalue weighted by Gasteiger charge is 2.32. The van der Waals surface area contributed by atoms with E-state index in [2.05, 4.69) is 61.1 Å². The Hall–Kier alpha value is -2.81. The van der Waals surface area contributed by atoms with Crippen molar-refractivity contribution >= 4 is 17.2 Å². The lowest BCUT2D eigenvalue weighted by molar-refractivity contribution is -0.163. The summed E-state index contributed by atoms with van der Waals surface area (Å²) in [4.78, 5) is 16.7. The third kappa shape index (κ3) is 5.88. The maximum atomic E-state index is 13.7. The van der Waals surface area contributed by atoms with Crippen LogP contribution in [0.2, 0.25) is 0 Å².